The van der Waals surface area contributed by atoms with E-state index in [-0.39, 0.29) is 29.9 Å². The van der Waals surface area contributed by atoms with E-state index >= 15 is 0 Å². The molecule has 29 heavy (non-hydrogen) atoms. The van der Waals surface area contributed by atoms with Gasteiger partial charge in [-0.3, -0.25) is 9.79 Å². The predicted octanol–water partition coefficient (Wildman–Crippen LogP) is 2.63. The van der Waals surface area contributed by atoms with Crippen LogP contribution in [0.25, 0.3) is 0 Å². The lowest BCUT2D eigenvalue weighted by molar-refractivity contribution is 0.0473. The minimum absolute atomic E-state index is 0. The second kappa shape index (κ2) is 11.8. The fourth-order valence-electron chi connectivity index (χ4n) is 2.30. The molecule has 0 unspecified atom stereocenters. The topological polar surface area (TPSA) is 104 Å². The maximum Gasteiger partial charge on any atom is 0.408 e. The zero-order valence-electron chi connectivity index (χ0n) is 18.3. The molecule has 1 rings (SSSR count). The van der Waals surface area contributed by atoms with Gasteiger partial charge in [-0.15, -0.1) is 24.0 Å². The highest BCUT2D eigenvalue weighted by molar-refractivity contribution is 14.0. The van der Waals surface area contributed by atoms with Gasteiger partial charge in [0.1, 0.15) is 5.60 Å². The van der Waals surface area contributed by atoms with Gasteiger partial charge in [-0.1, -0.05) is 12.1 Å². The van der Waals surface area contributed by atoms with Crippen LogP contribution in [-0.4, -0.2) is 49.7 Å². The lowest BCUT2D eigenvalue weighted by Gasteiger charge is -2.29. The number of nitrogens with zero attached hydrogens (tertiary/aromatic N) is 1. The summed E-state index contributed by atoms with van der Waals surface area (Å²) >= 11 is 0. The van der Waals surface area contributed by atoms with E-state index in [2.05, 4.69) is 26.3 Å². The molecule has 0 saturated heterocycles. The average Bonchev–Trinajstić information content (AvgIpc) is 2.59. The summed E-state index contributed by atoms with van der Waals surface area (Å²) in [6.45, 7) is 10.2. The number of nitrogens with one attached hydrogen (secondary N) is 4. The molecular weight excluding hydrogens is 485 g/mol. The van der Waals surface area contributed by atoms with Gasteiger partial charge < -0.3 is 26.0 Å². The molecule has 0 aliphatic heterocycles. The Balaban J connectivity index is 0.00000784. The third-order valence-corrected chi connectivity index (χ3v) is 3.64. The maximum absolute atomic E-state index is 12.0. The minimum atomic E-state index is -0.547. The molecule has 164 valence electrons. The van der Waals surface area contributed by atoms with Crippen molar-refractivity contribution in [2.75, 3.05) is 20.6 Å². The maximum atomic E-state index is 12.0. The van der Waals surface area contributed by atoms with Crippen LogP contribution < -0.4 is 21.3 Å². The number of halogens is 1. The summed E-state index contributed by atoms with van der Waals surface area (Å²) in [7, 11) is 3.27. The molecule has 0 atom stereocenters. The summed E-state index contributed by atoms with van der Waals surface area (Å²) in [4.78, 5) is 27.9. The minimum Gasteiger partial charge on any atom is -0.444 e. The molecule has 1 aromatic carbocycles. The fourth-order valence-corrected chi connectivity index (χ4v) is 2.30. The molecule has 0 fully saturated rings. The number of benzene rings is 1. The monoisotopic (exact) mass is 519 g/mol. The third-order valence-electron chi connectivity index (χ3n) is 3.64. The normalized spacial score (nSPS) is 11.8. The molecule has 0 spiro atoms. The molecule has 0 aromatic heterocycles. The molecule has 0 radical (unpaired) electrons. The lowest BCUT2D eigenvalue weighted by Crippen LogP contribution is -2.54. The number of amides is 2. The predicted molar refractivity (Wildman–Crippen MR) is 127 cm³/mol. The number of hydrogen-bond acceptors (Lipinski definition) is 4. The van der Waals surface area contributed by atoms with Gasteiger partial charge in [-0.2, -0.15) is 0 Å². The number of hydrogen-bond donors (Lipinski definition) is 4. The summed E-state index contributed by atoms with van der Waals surface area (Å²) in [6.07, 6.45) is -0.465. The second-order valence-electron chi connectivity index (χ2n) is 8.07. The van der Waals surface area contributed by atoms with Gasteiger partial charge in [-0.05, 0) is 52.3 Å². The first-order valence-electron chi connectivity index (χ1n) is 9.22. The Morgan fingerprint density at radius 2 is 1.76 bits per heavy atom. The molecule has 0 aliphatic rings. The smallest absolute Gasteiger partial charge is 0.408 e. The van der Waals surface area contributed by atoms with Crippen LogP contribution in [0.3, 0.4) is 0 Å². The van der Waals surface area contributed by atoms with Crippen molar-refractivity contribution < 1.29 is 14.3 Å². The van der Waals surface area contributed by atoms with Gasteiger partial charge in [0.2, 0.25) is 0 Å². The van der Waals surface area contributed by atoms with Crippen molar-refractivity contribution in [2.45, 2.75) is 52.3 Å². The first-order valence-corrected chi connectivity index (χ1v) is 9.22. The second-order valence-corrected chi connectivity index (χ2v) is 8.07. The molecule has 0 bridgehead atoms. The summed E-state index contributed by atoms with van der Waals surface area (Å²) < 4.78 is 5.30. The van der Waals surface area contributed by atoms with Crippen LogP contribution in [0.15, 0.2) is 29.3 Å². The Morgan fingerprint density at radius 1 is 1.10 bits per heavy atom. The molecule has 9 heteroatoms. The highest BCUT2D eigenvalue weighted by Gasteiger charge is 2.24. The van der Waals surface area contributed by atoms with Crippen LogP contribution in [0, 0.1) is 0 Å². The molecular formula is C20H34IN5O3. The van der Waals surface area contributed by atoms with Crippen LogP contribution in [-0.2, 0) is 11.3 Å². The van der Waals surface area contributed by atoms with Crippen molar-refractivity contribution in [1.82, 2.24) is 21.3 Å². The van der Waals surface area contributed by atoms with E-state index in [1.165, 1.54) is 0 Å². The van der Waals surface area contributed by atoms with E-state index in [4.69, 9.17) is 4.74 Å². The van der Waals surface area contributed by atoms with Crippen LogP contribution in [0.4, 0.5) is 4.79 Å². The number of alkyl carbamates (subject to hydrolysis) is 1. The van der Waals surface area contributed by atoms with Gasteiger partial charge >= 0.3 is 6.09 Å². The number of carbonyl (C=O) groups excluding carboxylic acids is 2. The van der Waals surface area contributed by atoms with Crippen molar-refractivity contribution in [3.63, 3.8) is 0 Å². The molecule has 0 saturated carbocycles. The molecule has 0 aliphatic carbocycles. The van der Waals surface area contributed by atoms with Gasteiger partial charge in [0.25, 0.3) is 5.91 Å². The number of rotatable bonds is 6. The van der Waals surface area contributed by atoms with E-state index in [9.17, 15) is 9.59 Å². The van der Waals surface area contributed by atoms with E-state index in [1.54, 1.807) is 20.2 Å². The standard InChI is InChI=1S/C20H33N5O3.HI/c1-19(2,3)28-18(27)25-20(4,5)13-24-17(22-7)23-12-14-9-8-10-15(11-14)16(26)21-6;/h8-11H,12-13H2,1-7H3,(H,21,26)(H,25,27)(H2,22,23,24);1H. The molecule has 1 aromatic rings. The number of carbonyl (C=O) groups is 2. The van der Waals surface area contributed by atoms with E-state index in [0.29, 0.717) is 24.6 Å². The zero-order chi connectivity index (χ0) is 21.4. The van der Waals surface area contributed by atoms with Gasteiger partial charge in [0, 0.05) is 32.7 Å². The quantitative estimate of drug-likeness (QED) is 0.263. The number of guanidine groups is 1. The molecule has 0 heterocycles. The third kappa shape index (κ3) is 10.9. The Hall–Kier alpha value is -2.04. The van der Waals surface area contributed by atoms with E-state index in [0.717, 1.165) is 5.56 Å². The summed E-state index contributed by atoms with van der Waals surface area (Å²) in [5.74, 6) is 0.462. The first-order chi connectivity index (χ1) is 13.0. The van der Waals surface area contributed by atoms with Crippen LogP contribution in [0.5, 0.6) is 0 Å². The van der Waals surface area contributed by atoms with Gasteiger partial charge in [0.15, 0.2) is 5.96 Å². The Morgan fingerprint density at radius 3 is 2.31 bits per heavy atom. The molecule has 4 N–H and O–H groups in total. The fraction of sp³-hybridized carbons (Fsp3) is 0.550. The number of ether oxygens (including phenoxy) is 1. The molecule has 2 amide bonds. The first kappa shape index (κ1) is 27.0. The van der Waals surface area contributed by atoms with Crippen molar-refractivity contribution in [1.29, 1.82) is 0 Å². The summed E-state index contributed by atoms with van der Waals surface area (Å²) in [6, 6.07) is 7.36. The number of aliphatic imine (C=N–C) groups is 1. The van der Waals surface area contributed by atoms with Crippen LogP contribution in [0.1, 0.15) is 50.5 Å². The van der Waals surface area contributed by atoms with Crippen LogP contribution in [0.2, 0.25) is 0 Å². The lowest BCUT2D eigenvalue weighted by atomic mass is 10.1. The Labute approximate surface area is 190 Å². The van der Waals surface area contributed by atoms with E-state index in [1.807, 2.05) is 52.8 Å². The van der Waals surface area contributed by atoms with Crippen molar-refractivity contribution in [2.24, 2.45) is 4.99 Å². The van der Waals surface area contributed by atoms with E-state index < -0.39 is 17.2 Å². The average molecular weight is 519 g/mol. The Kier molecular flexibility index (Phi) is 11.0. The van der Waals surface area contributed by atoms with Crippen LogP contribution >= 0.6 is 24.0 Å². The summed E-state index contributed by atoms with van der Waals surface area (Å²) in [5.41, 5.74) is 0.468. The SMILES string of the molecule is CN=C(NCc1cccc(C(=O)NC)c1)NCC(C)(C)NC(=O)OC(C)(C)C.I. The van der Waals surface area contributed by atoms with Crippen molar-refractivity contribution >= 4 is 41.9 Å². The van der Waals surface area contributed by atoms with Gasteiger partial charge in [0.05, 0.1) is 5.54 Å². The largest absolute Gasteiger partial charge is 0.444 e. The van der Waals surface area contributed by atoms with Crippen molar-refractivity contribution in [3.05, 3.63) is 35.4 Å². The highest BCUT2D eigenvalue weighted by atomic mass is 127. The van der Waals surface area contributed by atoms with Gasteiger partial charge in [-0.25, -0.2) is 4.79 Å². The van der Waals surface area contributed by atoms with Crippen molar-refractivity contribution in [3.8, 4) is 0 Å². The summed E-state index contributed by atoms with van der Waals surface area (Å²) in [5, 5.41) is 11.8. The Bertz CT molecular complexity index is 714. The highest BCUT2D eigenvalue weighted by Crippen LogP contribution is 2.09. The zero-order valence-corrected chi connectivity index (χ0v) is 20.6. The molecule has 8 nitrogen and oxygen atoms in total.